The summed E-state index contributed by atoms with van der Waals surface area (Å²) in [5.74, 6) is 0.237. The highest BCUT2D eigenvalue weighted by Gasteiger charge is 2.10. The van der Waals surface area contributed by atoms with Gasteiger partial charge in [-0.05, 0) is 52.9 Å². The van der Waals surface area contributed by atoms with E-state index in [1.807, 2.05) is 22.6 Å². The monoisotopic (exact) mass is 347 g/mol. The summed E-state index contributed by atoms with van der Waals surface area (Å²) in [6, 6.07) is 7.89. The van der Waals surface area contributed by atoms with E-state index < -0.39 is 6.10 Å². The molecule has 3 nitrogen and oxygen atoms in total. The largest absolute Gasteiger partial charge is 0.467 e. The molecule has 0 saturated heterocycles. The number of furan rings is 1. The van der Waals surface area contributed by atoms with Gasteiger partial charge >= 0.3 is 0 Å². The van der Waals surface area contributed by atoms with Crippen LogP contribution in [0.25, 0.3) is 0 Å². The second kappa shape index (κ2) is 5.50. The molecule has 1 atom stereocenters. The minimum atomic E-state index is -0.717. The highest BCUT2D eigenvalue weighted by atomic mass is 127. The molecule has 1 heterocycles. The highest BCUT2D eigenvalue weighted by molar-refractivity contribution is 14.1. The van der Waals surface area contributed by atoms with E-state index in [1.165, 1.54) is 18.4 Å². The van der Waals surface area contributed by atoms with Gasteiger partial charge in [0, 0.05) is 15.8 Å². The number of nitrogens with one attached hydrogen (secondary N) is 1. The Hall–Kier alpha value is -1.08. The lowest BCUT2D eigenvalue weighted by Gasteiger charge is -2.12. The molecule has 0 aliphatic carbocycles. The number of aliphatic hydroxyl groups excluding tert-OH is 1. The van der Waals surface area contributed by atoms with Gasteiger partial charge in [-0.15, -0.1) is 0 Å². The number of hydrogen-bond acceptors (Lipinski definition) is 3. The van der Waals surface area contributed by atoms with Crippen LogP contribution in [0.2, 0.25) is 0 Å². The van der Waals surface area contributed by atoms with Crippen LogP contribution >= 0.6 is 22.6 Å². The topological polar surface area (TPSA) is 45.4 Å². The van der Waals surface area contributed by atoms with E-state index in [0.717, 1.165) is 9.26 Å². The van der Waals surface area contributed by atoms with Crippen molar-refractivity contribution in [3.8, 4) is 0 Å². The fraction of sp³-hybridized carbons (Fsp3) is 0.167. The van der Waals surface area contributed by atoms with Crippen LogP contribution in [0.1, 0.15) is 11.9 Å². The standard InChI is InChI=1S/C12H11FINO2/c13-8-3-4-10(9(14)6-8)15-7-11(16)12-2-1-5-17-12/h1-6,11,15-16H,7H2. The summed E-state index contributed by atoms with van der Waals surface area (Å²) in [7, 11) is 0. The Morgan fingerprint density at radius 1 is 1.41 bits per heavy atom. The Morgan fingerprint density at radius 2 is 2.24 bits per heavy atom. The van der Waals surface area contributed by atoms with Gasteiger partial charge in [-0.2, -0.15) is 0 Å². The lowest BCUT2D eigenvalue weighted by atomic mass is 10.2. The predicted molar refractivity (Wildman–Crippen MR) is 71.3 cm³/mol. The lowest BCUT2D eigenvalue weighted by molar-refractivity contribution is 0.162. The Labute approximate surface area is 112 Å². The molecule has 0 aliphatic heterocycles. The molecule has 0 fully saturated rings. The minimum absolute atomic E-state index is 0.272. The molecule has 0 amide bonds. The SMILES string of the molecule is OC(CNc1ccc(F)cc1I)c1ccco1. The summed E-state index contributed by atoms with van der Waals surface area (Å²) < 4.78 is 18.7. The summed E-state index contributed by atoms with van der Waals surface area (Å²) in [5, 5.41) is 12.8. The lowest BCUT2D eigenvalue weighted by Crippen LogP contribution is -2.12. The highest BCUT2D eigenvalue weighted by Crippen LogP contribution is 2.20. The number of anilines is 1. The zero-order chi connectivity index (χ0) is 12.3. The fourth-order valence-corrected chi connectivity index (χ4v) is 2.09. The quantitative estimate of drug-likeness (QED) is 0.836. The average Bonchev–Trinajstić information content (AvgIpc) is 2.81. The number of benzene rings is 1. The van der Waals surface area contributed by atoms with E-state index in [2.05, 4.69) is 5.32 Å². The van der Waals surface area contributed by atoms with Crippen molar-refractivity contribution in [1.29, 1.82) is 0 Å². The Kier molecular flexibility index (Phi) is 4.01. The normalized spacial score (nSPS) is 12.4. The summed E-state index contributed by atoms with van der Waals surface area (Å²) in [6.45, 7) is 0.315. The van der Waals surface area contributed by atoms with Crippen molar-refractivity contribution in [2.75, 3.05) is 11.9 Å². The third-order valence-electron chi connectivity index (χ3n) is 2.29. The Bertz CT molecular complexity index is 487. The molecule has 1 aromatic heterocycles. The van der Waals surface area contributed by atoms with Crippen molar-refractivity contribution in [2.45, 2.75) is 6.10 Å². The van der Waals surface area contributed by atoms with Crippen molar-refractivity contribution >= 4 is 28.3 Å². The smallest absolute Gasteiger partial charge is 0.134 e. The third kappa shape index (κ3) is 3.19. The van der Waals surface area contributed by atoms with Crippen LogP contribution in [0.3, 0.4) is 0 Å². The number of halogens is 2. The van der Waals surface area contributed by atoms with Gasteiger partial charge in [0.2, 0.25) is 0 Å². The molecule has 0 bridgehead atoms. The van der Waals surface area contributed by atoms with Crippen LogP contribution in [0.4, 0.5) is 10.1 Å². The first-order valence-electron chi connectivity index (χ1n) is 5.07. The van der Waals surface area contributed by atoms with Crippen LogP contribution in [0, 0.1) is 9.39 Å². The van der Waals surface area contributed by atoms with Crippen molar-refractivity contribution in [3.05, 3.63) is 51.7 Å². The molecule has 5 heteroatoms. The van der Waals surface area contributed by atoms with Gasteiger partial charge in [0.15, 0.2) is 0 Å². The maximum absolute atomic E-state index is 12.9. The van der Waals surface area contributed by atoms with E-state index in [1.54, 1.807) is 18.2 Å². The molecule has 0 radical (unpaired) electrons. The van der Waals surface area contributed by atoms with Crippen molar-refractivity contribution in [1.82, 2.24) is 0 Å². The van der Waals surface area contributed by atoms with Gasteiger partial charge in [-0.25, -0.2) is 4.39 Å². The van der Waals surface area contributed by atoms with Crippen molar-refractivity contribution in [3.63, 3.8) is 0 Å². The maximum Gasteiger partial charge on any atom is 0.134 e. The summed E-state index contributed by atoms with van der Waals surface area (Å²) in [4.78, 5) is 0. The van der Waals surface area contributed by atoms with Crippen molar-refractivity contribution < 1.29 is 13.9 Å². The van der Waals surface area contributed by atoms with Gasteiger partial charge in [-0.1, -0.05) is 0 Å². The first-order chi connectivity index (χ1) is 8.16. The van der Waals surface area contributed by atoms with Gasteiger partial charge in [0.25, 0.3) is 0 Å². The van der Waals surface area contributed by atoms with Crippen molar-refractivity contribution in [2.24, 2.45) is 0 Å². The summed E-state index contributed by atoms with van der Waals surface area (Å²) >= 11 is 2.04. The van der Waals surface area contributed by atoms with Crippen LogP contribution in [-0.2, 0) is 0 Å². The zero-order valence-corrected chi connectivity index (χ0v) is 11.0. The van der Waals surface area contributed by atoms with Gasteiger partial charge in [-0.3, -0.25) is 0 Å². The molecule has 2 rings (SSSR count). The molecule has 2 N–H and O–H groups in total. The maximum atomic E-state index is 12.9. The second-order valence-electron chi connectivity index (χ2n) is 3.54. The minimum Gasteiger partial charge on any atom is -0.467 e. The number of rotatable bonds is 4. The molecular formula is C12H11FINO2. The van der Waals surface area contributed by atoms with Gasteiger partial charge in [0.05, 0.1) is 6.26 Å². The van der Waals surface area contributed by atoms with E-state index >= 15 is 0 Å². The van der Waals surface area contributed by atoms with E-state index in [9.17, 15) is 9.50 Å². The fourth-order valence-electron chi connectivity index (χ4n) is 1.42. The molecule has 90 valence electrons. The molecule has 0 aliphatic rings. The predicted octanol–water partition coefficient (Wildman–Crippen LogP) is 3.17. The van der Waals surface area contributed by atoms with Crippen LogP contribution < -0.4 is 5.32 Å². The van der Waals surface area contributed by atoms with Gasteiger partial charge < -0.3 is 14.8 Å². The van der Waals surface area contributed by atoms with E-state index in [4.69, 9.17) is 4.42 Å². The number of hydrogen-bond donors (Lipinski definition) is 2. The molecule has 2 aromatic rings. The first-order valence-corrected chi connectivity index (χ1v) is 6.15. The molecule has 0 saturated carbocycles. The van der Waals surface area contributed by atoms with E-state index in [-0.39, 0.29) is 5.82 Å². The molecule has 17 heavy (non-hydrogen) atoms. The van der Waals surface area contributed by atoms with Crippen LogP contribution in [0.15, 0.2) is 41.0 Å². The molecule has 1 unspecified atom stereocenters. The van der Waals surface area contributed by atoms with Crippen LogP contribution in [0.5, 0.6) is 0 Å². The third-order valence-corrected chi connectivity index (χ3v) is 3.18. The first kappa shape index (κ1) is 12.4. The molecular weight excluding hydrogens is 336 g/mol. The Balaban J connectivity index is 1.98. The summed E-state index contributed by atoms with van der Waals surface area (Å²) in [5.41, 5.74) is 0.789. The number of aliphatic hydroxyl groups is 1. The molecule has 1 aromatic carbocycles. The second-order valence-corrected chi connectivity index (χ2v) is 4.70. The van der Waals surface area contributed by atoms with E-state index in [0.29, 0.717) is 12.3 Å². The summed E-state index contributed by atoms with van der Waals surface area (Å²) in [6.07, 6.45) is 0.797. The molecule has 0 spiro atoms. The van der Waals surface area contributed by atoms with Gasteiger partial charge in [0.1, 0.15) is 17.7 Å². The Morgan fingerprint density at radius 3 is 2.88 bits per heavy atom. The zero-order valence-electron chi connectivity index (χ0n) is 8.86. The van der Waals surface area contributed by atoms with Crippen LogP contribution in [-0.4, -0.2) is 11.7 Å². The average molecular weight is 347 g/mol.